The zero-order valence-electron chi connectivity index (χ0n) is 13.2. The number of nitrogens with one attached hydrogen (secondary N) is 1. The zero-order chi connectivity index (χ0) is 16.8. The highest BCUT2D eigenvalue weighted by atomic mass is 32.2. The number of thioether (sulfide) groups is 1. The van der Waals surface area contributed by atoms with Crippen molar-refractivity contribution in [3.63, 3.8) is 0 Å². The Hall–Kier alpha value is -2.41. The average molecular weight is 330 g/mol. The van der Waals surface area contributed by atoms with Crippen LogP contribution in [0.4, 0.5) is 0 Å². The molecule has 2 rings (SSSR count). The first-order valence-electron chi connectivity index (χ1n) is 7.01. The third-order valence-corrected chi connectivity index (χ3v) is 3.77. The fourth-order valence-corrected chi connectivity index (χ4v) is 2.58. The predicted octanol–water partition coefficient (Wildman–Crippen LogP) is 2.43. The third kappa shape index (κ3) is 5.37. The lowest BCUT2D eigenvalue weighted by atomic mass is 10.1. The van der Waals surface area contributed by atoms with Gasteiger partial charge in [-0.05, 0) is 56.7 Å². The molecule has 2 N–H and O–H groups in total. The number of rotatable bonds is 5. The fourth-order valence-electron chi connectivity index (χ4n) is 1.83. The van der Waals surface area contributed by atoms with Crippen LogP contribution < -0.4 is 5.43 Å². The highest BCUT2D eigenvalue weighted by molar-refractivity contribution is 7.99. The number of aromatic nitrogens is 2. The number of amides is 1. The second kappa shape index (κ2) is 7.73. The molecule has 0 aliphatic heterocycles. The van der Waals surface area contributed by atoms with E-state index in [2.05, 4.69) is 20.5 Å². The Bertz CT molecular complexity index is 709. The number of aromatic hydroxyl groups is 1. The SMILES string of the molecule is CC(=NNC(=O)CSc1nc(C)cc(C)n1)c1ccc(O)cc1. The van der Waals surface area contributed by atoms with Crippen molar-refractivity contribution in [3.05, 3.63) is 47.3 Å². The lowest BCUT2D eigenvalue weighted by molar-refractivity contribution is -0.118. The number of aryl methyl sites for hydroxylation is 2. The van der Waals surface area contributed by atoms with Crippen LogP contribution in [0, 0.1) is 13.8 Å². The highest BCUT2D eigenvalue weighted by Gasteiger charge is 2.06. The van der Waals surface area contributed by atoms with E-state index in [1.807, 2.05) is 19.9 Å². The van der Waals surface area contributed by atoms with Gasteiger partial charge in [0.2, 0.25) is 0 Å². The van der Waals surface area contributed by atoms with Crippen molar-refractivity contribution in [1.82, 2.24) is 15.4 Å². The van der Waals surface area contributed by atoms with E-state index in [0.29, 0.717) is 10.9 Å². The molecule has 0 spiro atoms. The molecule has 0 radical (unpaired) electrons. The van der Waals surface area contributed by atoms with Crippen LogP contribution in [0.3, 0.4) is 0 Å². The fraction of sp³-hybridized carbons (Fsp3) is 0.250. The number of carbonyl (C=O) groups excluding carboxylic acids is 1. The smallest absolute Gasteiger partial charge is 0.250 e. The Balaban J connectivity index is 1.89. The van der Waals surface area contributed by atoms with Crippen LogP contribution in [0.1, 0.15) is 23.9 Å². The zero-order valence-corrected chi connectivity index (χ0v) is 14.0. The summed E-state index contributed by atoms with van der Waals surface area (Å²) in [5, 5.41) is 13.9. The van der Waals surface area contributed by atoms with E-state index in [9.17, 15) is 9.90 Å². The van der Waals surface area contributed by atoms with E-state index in [1.54, 1.807) is 31.2 Å². The number of hydrazone groups is 1. The molecule has 1 aromatic heterocycles. The molecule has 7 heteroatoms. The first-order valence-corrected chi connectivity index (χ1v) is 8.00. The van der Waals surface area contributed by atoms with Crippen LogP contribution in [-0.4, -0.2) is 32.4 Å². The first-order chi connectivity index (χ1) is 10.9. The number of nitrogens with zero attached hydrogens (tertiary/aromatic N) is 3. The van der Waals surface area contributed by atoms with Gasteiger partial charge in [-0.3, -0.25) is 4.79 Å². The number of phenols is 1. The lowest BCUT2D eigenvalue weighted by Crippen LogP contribution is -2.21. The van der Waals surface area contributed by atoms with E-state index in [4.69, 9.17) is 0 Å². The van der Waals surface area contributed by atoms with Gasteiger partial charge in [0.25, 0.3) is 5.91 Å². The van der Waals surface area contributed by atoms with Crippen molar-refractivity contribution >= 4 is 23.4 Å². The molecule has 0 saturated heterocycles. The van der Waals surface area contributed by atoms with Crippen LogP contribution >= 0.6 is 11.8 Å². The Kier molecular flexibility index (Phi) is 5.70. The standard InChI is InChI=1S/C16H18N4O2S/c1-10-8-11(2)18-16(17-10)23-9-15(22)20-19-12(3)13-4-6-14(21)7-5-13/h4-8,21H,9H2,1-3H3,(H,20,22). The van der Waals surface area contributed by atoms with E-state index < -0.39 is 0 Å². The van der Waals surface area contributed by atoms with Gasteiger partial charge < -0.3 is 5.11 Å². The summed E-state index contributed by atoms with van der Waals surface area (Å²) in [6, 6.07) is 8.50. The van der Waals surface area contributed by atoms with Crippen molar-refractivity contribution in [2.45, 2.75) is 25.9 Å². The number of phenolic OH excluding ortho intramolecular Hbond substituents is 1. The van der Waals surface area contributed by atoms with Crippen molar-refractivity contribution in [2.75, 3.05) is 5.75 Å². The monoisotopic (exact) mass is 330 g/mol. The molecule has 2 aromatic rings. The molecule has 0 unspecified atom stereocenters. The van der Waals surface area contributed by atoms with Crippen LogP contribution in [0.2, 0.25) is 0 Å². The molecule has 1 amide bonds. The summed E-state index contributed by atoms with van der Waals surface area (Å²) in [5.74, 6) is 0.154. The average Bonchev–Trinajstić information content (AvgIpc) is 2.50. The lowest BCUT2D eigenvalue weighted by Gasteiger charge is -2.04. The molecular weight excluding hydrogens is 312 g/mol. The molecule has 120 valence electrons. The molecule has 1 heterocycles. The van der Waals surface area contributed by atoms with Crippen molar-refractivity contribution in [3.8, 4) is 5.75 Å². The van der Waals surface area contributed by atoms with Gasteiger partial charge in [0.1, 0.15) is 5.75 Å². The minimum Gasteiger partial charge on any atom is -0.508 e. The van der Waals surface area contributed by atoms with E-state index in [-0.39, 0.29) is 17.4 Å². The highest BCUT2D eigenvalue weighted by Crippen LogP contribution is 2.13. The summed E-state index contributed by atoms with van der Waals surface area (Å²) < 4.78 is 0. The number of carbonyl (C=O) groups is 1. The van der Waals surface area contributed by atoms with Crippen LogP contribution in [0.25, 0.3) is 0 Å². The van der Waals surface area contributed by atoms with Gasteiger partial charge in [0.15, 0.2) is 5.16 Å². The minimum absolute atomic E-state index is 0.190. The summed E-state index contributed by atoms with van der Waals surface area (Å²) in [6.07, 6.45) is 0. The van der Waals surface area contributed by atoms with E-state index in [1.165, 1.54) is 11.8 Å². The Morgan fingerprint density at radius 3 is 2.43 bits per heavy atom. The molecule has 0 aliphatic rings. The van der Waals surface area contributed by atoms with Gasteiger partial charge in [0.05, 0.1) is 11.5 Å². The van der Waals surface area contributed by atoms with Crippen LogP contribution in [-0.2, 0) is 4.79 Å². The van der Waals surface area contributed by atoms with Crippen molar-refractivity contribution in [1.29, 1.82) is 0 Å². The number of benzene rings is 1. The second-order valence-electron chi connectivity index (χ2n) is 5.00. The van der Waals surface area contributed by atoms with Gasteiger partial charge >= 0.3 is 0 Å². The Labute approximate surface area is 139 Å². The molecular formula is C16H18N4O2S. The summed E-state index contributed by atoms with van der Waals surface area (Å²) in [6.45, 7) is 5.57. The largest absolute Gasteiger partial charge is 0.508 e. The Morgan fingerprint density at radius 2 is 1.83 bits per heavy atom. The topological polar surface area (TPSA) is 87.5 Å². The maximum Gasteiger partial charge on any atom is 0.250 e. The maximum absolute atomic E-state index is 11.8. The predicted molar refractivity (Wildman–Crippen MR) is 90.7 cm³/mol. The minimum atomic E-state index is -0.226. The van der Waals surface area contributed by atoms with Crippen LogP contribution in [0.15, 0.2) is 40.6 Å². The van der Waals surface area contributed by atoms with Crippen LogP contribution in [0.5, 0.6) is 5.75 Å². The molecule has 0 saturated carbocycles. The summed E-state index contributed by atoms with van der Waals surface area (Å²) in [5.41, 5.74) is 5.74. The van der Waals surface area contributed by atoms with E-state index >= 15 is 0 Å². The molecule has 0 bridgehead atoms. The van der Waals surface area contributed by atoms with Crippen molar-refractivity contribution < 1.29 is 9.90 Å². The summed E-state index contributed by atoms with van der Waals surface area (Å²) >= 11 is 1.27. The quantitative estimate of drug-likeness (QED) is 0.380. The third-order valence-electron chi connectivity index (χ3n) is 2.93. The van der Waals surface area contributed by atoms with Crippen molar-refractivity contribution in [2.24, 2.45) is 5.10 Å². The van der Waals surface area contributed by atoms with Gasteiger partial charge in [-0.15, -0.1) is 0 Å². The molecule has 0 aliphatic carbocycles. The Morgan fingerprint density at radius 1 is 1.22 bits per heavy atom. The van der Waals surface area contributed by atoms with Gasteiger partial charge in [0, 0.05) is 11.4 Å². The maximum atomic E-state index is 11.8. The molecule has 1 aromatic carbocycles. The number of hydrogen-bond donors (Lipinski definition) is 2. The van der Waals surface area contributed by atoms with Gasteiger partial charge in [-0.25, -0.2) is 15.4 Å². The molecule has 0 atom stereocenters. The second-order valence-corrected chi connectivity index (χ2v) is 5.94. The first kappa shape index (κ1) is 17.0. The van der Waals surface area contributed by atoms with Gasteiger partial charge in [-0.1, -0.05) is 11.8 Å². The summed E-state index contributed by atoms with van der Waals surface area (Å²) in [4.78, 5) is 20.4. The van der Waals surface area contributed by atoms with E-state index in [0.717, 1.165) is 17.0 Å². The number of hydrogen-bond acceptors (Lipinski definition) is 6. The normalized spacial score (nSPS) is 11.3. The molecule has 6 nitrogen and oxygen atoms in total. The summed E-state index contributed by atoms with van der Waals surface area (Å²) in [7, 11) is 0. The van der Waals surface area contributed by atoms with Gasteiger partial charge in [-0.2, -0.15) is 5.10 Å². The molecule has 0 fully saturated rings. The molecule has 23 heavy (non-hydrogen) atoms.